The van der Waals surface area contributed by atoms with Crippen molar-refractivity contribution < 1.29 is 0 Å². The van der Waals surface area contributed by atoms with Crippen molar-refractivity contribution in [3.8, 4) is 0 Å². The maximum Gasteiger partial charge on any atom is -0.000812 e. The number of rotatable bonds is 2. The molecule has 1 N–H and O–H groups in total. The Morgan fingerprint density at radius 3 is 1.82 bits per heavy atom. The lowest BCUT2D eigenvalue weighted by molar-refractivity contribution is 0.710. The van der Waals surface area contributed by atoms with Crippen molar-refractivity contribution in [3.63, 3.8) is 0 Å². The maximum absolute atomic E-state index is 3.79. The van der Waals surface area contributed by atoms with Gasteiger partial charge >= 0.3 is 0 Å². The highest BCUT2D eigenvalue weighted by Crippen LogP contribution is 2.16. The number of nitrogens with one attached hydrogen (secondary N) is 1. The van der Waals surface area contributed by atoms with E-state index in [0.717, 1.165) is 25.9 Å². The Morgan fingerprint density at radius 2 is 1.45 bits per heavy atom. The molecule has 1 aliphatic rings. The summed E-state index contributed by atoms with van der Waals surface area (Å²) in [7, 11) is 0. The Balaban J connectivity index is 2.79. The molecule has 0 unspecified atom stereocenters. The lowest BCUT2D eigenvalue weighted by atomic mass is 10.0. The van der Waals surface area contributed by atoms with Crippen LogP contribution in [0.3, 0.4) is 0 Å². The van der Waals surface area contributed by atoms with Gasteiger partial charge in [-0.1, -0.05) is 25.3 Å². The molecule has 1 rings (SSSR count). The van der Waals surface area contributed by atoms with E-state index in [2.05, 4.69) is 18.5 Å². The van der Waals surface area contributed by atoms with Crippen molar-refractivity contribution >= 4 is 0 Å². The highest BCUT2D eigenvalue weighted by Gasteiger charge is 2.04. The standard InChI is InChI=1S/C10H15N/c1-3-9-5-7-11-8-6-10(9)4-2/h3-4,11H,1-2,5-8H2. The molecule has 11 heavy (non-hydrogen) atoms. The summed E-state index contributed by atoms with van der Waals surface area (Å²) in [5, 5.41) is 3.34. The molecule has 0 atom stereocenters. The van der Waals surface area contributed by atoms with Crippen molar-refractivity contribution in [1.29, 1.82) is 0 Å². The molecule has 0 spiro atoms. The zero-order valence-electron chi connectivity index (χ0n) is 6.90. The monoisotopic (exact) mass is 149 g/mol. The average molecular weight is 149 g/mol. The van der Waals surface area contributed by atoms with Gasteiger partial charge in [-0.15, -0.1) is 0 Å². The van der Waals surface area contributed by atoms with E-state index in [1.165, 1.54) is 11.1 Å². The molecule has 1 heteroatoms. The van der Waals surface area contributed by atoms with Gasteiger partial charge in [0.05, 0.1) is 0 Å². The van der Waals surface area contributed by atoms with Crippen LogP contribution in [0.1, 0.15) is 12.8 Å². The van der Waals surface area contributed by atoms with Gasteiger partial charge in [0.2, 0.25) is 0 Å². The fourth-order valence-corrected chi connectivity index (χ4v) is 1.36. The van der Waals surface area contributed by atoms with Gasteiger partial charge in [-0.3, -0.25) is 0 Å². The molecule has 0 saturated heterocycles. The van der Waals surface area contributed by atoms with Gasteiger partial charge in [0.1, 0.15) is 0 Å². The van der Waals surface area contributed by atoms with Crippen molar-refractivity contribution in [3.05, 3.63) is 36.5 Å². The van der Waals surface area contributed by atoms with Gasteiger partial charge in [-0.25, -0.2) is 0 Å². The van der Waals surface area contributed by atoms with Crippen LogP contribution in [0, 0.1) is 0 Å². The van der Waals surface area contributed by atoms with Crippen LogP contribution in [0.25, 0.3) is 0 Å². The molecule has 0 aliphatic carbocycles. The third kappa shape index (κ3) is 2.05. The average Bonchev–Trinajstić information content (AvgIpc) is 2.27. The zero-order valence-corrected chi connectivity index (χ0v) is 6.90. The van der Waals surface area contributed by atoms with E-state index in [1.807, 2.05) is 12.2 Å². The van der Waals surface area contributed by atoms with Crippen LogP contribution in [-0.4, -0.2) is 13.1 Å². The fraction of sp³-hybridized carbons (Fsp3) is 0.400. The highest BCUT2D eigenvalue weighted by molar-refractivity contribution is 5.32. The van der Waals surface area contributed by atoms with Crippen LogP contribution in [0.4, 0.5) is 0 Å². The number of hydrogen-bond acceptors (Lipinski definition) is 1. The molecule has 0 radical (unpaired) electrons. The molecular formula is C10H15N. The summed E-state index contributed by atoms with van der Waals surface area (Å²) in [4.78, 5) is 0. The molecule has 0 fully saturated rings. The predicted molar refractivity (Wildman–Crippen MR) is 49.5 cm³/mol. The van der Waals surface area contributed by atoms with Crippen LogP contribution < -0.4 is 5.32 Å². The SMILES string of the molecule is C=CC1=C(C=C)CCNCC1. The molecule has 0 bridgehead atoms. The van der Waals surface area contributed by atoms with E-state index in [4.69, 9.17) is 0 Å². The molecule has 0 aromatic carbocycles. The molecule has 1 nitrogen and oxygen atoms in total. The number of hydrogen-bond donors (Lipinski definition) is 1. The first-order valence-electron chi connectivity index (χ1n) is 4.06. The Labute approximate surface area is 68.5 Å². The van der Waals surface area contributed by atoms with Crippen LogP contribution in [0.15, 0.2) is 36.5 Å². The number of allylic oxidation sites excluding steroid dienone is 2. The minimum absolute atomic E-state index is 1.07. The summed E-state index contributed by atoms with van der Waals surface area (Å²) in [5.74, 6) is 0. The lowest BCUT2D eigenvalue weighted by Crippen LogP contribution is -2.14. The third-order valence-corrected chi connectivity index (χ3v) is 2.05. The summed E-state index contributed by atoms with van der Waals surface area (Å²) in [6.45, 7) is 9.72. The first-order valence-corrected chi connectivity index (χ1v) is 4.06. The molecule has 60 valence electrons. The van der Waals surface area contributed by atoms with Crippen molar-refractivity contribution in [2.75, 3.05) is 13.1 Å². The minimum atomic E-state index is 1.07. The summed E-state index contributed by atoms with van der Waals surface area (Å²) >= 11 is 0. The maximum atomic E-state index is 3.79. The van der Waals surface area contributed by atoms with Crippen LogP contribution >= 0.6 is 0 Å². The minimum Gasteiger partial charge on any atom is -0.316 e. The fourth-order valence-electron chi connectivity index (χ4n) is 1.36. The van der Waals surface area contributed by atoms with Gasteiger partial charge in [-0.2, -0.15) is 0 Å². The summed E-state index contributed by atoms with van der Waals surface area (Å²) < 4.78 is 0. The Hall–Kier alpha value is -0.820. The van der Waals surface area contributed by atoms with E-state index < -0.39 is 0 Å². The van der Waals surface area contributed by atoms with Crippen molar-refractivity contribution in [2.45, 2.75) is 12.8 Å². The molecule has 0 saturated carbocycles. The Bertz CT molecular complexity index is 169. The Morgan fingerprint density at radius 1 is 1.00 bits per heavy atom. The zero-order chi connectivity index (χ0) is 8.10. The normalized spacial score (nSPS) is 19.3. The van der Waals surface area contributed by atoms with E-state index >= 15 is 0 Å². The Kier molecular flexibility index (Phi) is 3.12. The van der Waals surface area contributed by atoms with E-state index in [0.29, 0.717) is 0 Å². The van der Waals surface area contributed by atoms with Gasteiger partial charge in [-0.05, 0) is 37.1 Å². The molecule has 1 aliphatic heterocycles. The van der Waals surface area contributed by atoms with Crippen molar-refractivity contribution in [1.82, 2.24) is 5.32 Å². The van der Waals surface area contributed by atoms with Gasteiger partial charge in [0, 0.05) is 0 Å². The van der Waals surface area contributed by atoms with Gasteiger partial charge < -0.3 is 5.32 Å². The molecule has 0 aromatic heterocycles. The lowest BCUT2D eigenvalue weighted by Gasteiger charge is -2.01. The third-order valence-electron chi connectivity index (χ3n) is 2.05. The van der Waals surface area contributed by atoms with Gasteiger partial charge in [0.25, 0.3) is 0 Å². The highest BCUT2D eigenvalue weighted by atomic mass is 14.8. The topological polar surface area (TPSA) is 12.0 Å². The van der Waals surface area contributed by atoms with Crippen LogP contribution in [-0.2, 0) is 0 Å². The molecule has 0 aromatic rings. The summed E-state index contributed by atoms with van der Waals surface area (Å²) in [6, 6.07) is 0. The largest absolute Gasteiger partial charge is 0.316 e. The quantitative estimate of drug-likeness (QED) is 0.633. The van der Waals surface area contributed by atoms with Crippen LogP contribution in [0.5, 0.6) is 0 Å². The first-order chi connectivity index (χ1) is 5.38. The molecule has 1 heterocycles. The van der Waals surface area contributed by atoms with Gasteiger partial charge in [0.15, 0.2) is 0 Å². The van der Waals surface area contributed by atoms with E-state index in [9.17, 15) is 0 Å². The van der Waals surface area contributed by atoms with E-state index in [-0.39, 0.29) is 0 Å². The smallest absolute Gasteiger partial charge is 0.000812 e. The second-order valence-electron chi connectivity index (χ2n) is 2.71. The van der Waals surface area contributed by atoms with Crippen molar-refractivity contribution in [2.24, 2.45) is 0 Å². The van der Waals surface area contributed by atoms with E-state index in [1.54, 1.807) is 0 Å². The first kappa shape index (κ1) is 8.28. The van der Waals surface area contributed by atoms with Crippen LogP contribution in [0.2, 0.25) is 0 Å². The second kappa shape index (κ2) is 4.14. The predicted octanol–water partition coefficient (Wildman–Crippen LogP) is 2.04. The second-order valence-corrected chi connectivity index (χ2v) is 2.71. The summed E-state index contributed by atoms with van der Waals surface area (Å²) in [5.41, 5.74) is 2.70. The summed E-state index contributed by atoms with van der Waals surface area (Å²) in [6.07, 6.45) is 6.07. The molecular weight excluding hydrogens is 134 g/mol. The molecule has 0 amide bonds.